The van der Waals surface area contributed by atoms with Crippen LogP contribution in [-0.4, -0.2) is 106 Å². The van der Waals surface area contributed by atoms with Crippen LogP contribution < -0.4 is 26.0 Å². The molecule has 3 N–H and O–H groups in total. The van der Waals surface area contributed by atoms with E-state index in [1.54, 1.807) is 36.5 Å². The van der Waals surface area contributed by atoms with Gasteiger partial charge in [0.2, 0.25) is 5.91 Å². The smallest absolute Gasteiger partial charge is 0.293 e. The summed E-state index contributed by atoms with van der Waals surface area (Å²) in [7, 11) is 1.64. The summed E-state index contributed by atoms with van der Waals surface area (Å²) < 4.78 is 15.0. The summed E-state index contributed by atoms with van der Waals surface area (Å²) in [5, 5.41) is 17.0. The summed E-state index contributed by atoms with van der Waals surface area (Å²) >= 11 is 0. The highest BCUT2D eigenvalue weighted by Crippen LogP contribution is 2.45. The van der Waals surface area contributed by atoms with E-state index in [0.29, 0.717) is 77.3 Å². The second-order valence-electron chi connectivity index (χ2n) is 16.1. The SMILES string of the molecule is C=CC(=O)Nc1cc(Nc2nc(-c3ccnc(N4CCn5c(cc6c5CC5CCOCC65)C4=O)c3CO)cn(C)c2=O)ccc1N1CCN(C2CCOCC2)C[C@@H]1C. The standard InChI is InChI=1S/C43H51N9O6/c1-4-39(54)46-34-20-28(5-6-36(34)50-13-12-49(22-26(50)2)29-9-17-57-18-10-29)45-40-43(56)48(3)23-35(47-40)30-7-11-44-41(32(30)24-53)52-15-14-51-37-19-27-8-16-58-25-33(27)31(37)21-38(51)42(52)55/h4-7,11,20-21,23,26-27,29,33,53H,1,8-10,12-19,22,24-25H2,2-3H3,(H,45,47)(H,46,54)/t26-,27?,33?/m0/s1. The number of hydrogen-bond donors (Lipinski definition) is 3. The Balaban J connectivity index is 0.987. The number of aliphatic hydroxyl groups is 1. The first-order chi connectivity index (χ1) is 28.2. The monoisotopic (exact) mass is 789 g/mol. The predicted octanol–water partition coefficient (Wildman–Crippen LogP) is 4.03. The predicted molar refractivity (Wildman–Crippen MR) is 221 cm³/mol. The first-order valence-corrected chi connectivity index (χ1v) is 20.4. The van der Waals surface area contributed by atoms with Crippen molar-refractivity contribution in [3.63, 3.8) is 0 Å². The number of rotatable bonds is 9. The van der Waals surface area contributed by atoms with Crippen LogP contribution in [0, 0.1) is 5.92 Å². The molecule has 15 heteroatoms. The van der Waals surface area contributed by atoms with Crippen LogP contribution in [0.1, 0.15) is 59.4 Å². The molecular weight excluding hydrogens is 739 g/mol. The number of nitrogens with one attached hydrogen (secondary N) is 2. The van der Waals surface area contributed by atoms with Gasteiger partial charge in [-0.1, -0.05) is 6.58 Å². The molecule has 9 rings (SSSR count). The lowest BCUT2D eigenvalue weighted by Crippen LogP contribution is -2.56. The Morgan fingerprint density at radius 3 is 2.67 bits per heavy atom. The van der Waals surface area contributed by atoms with Crippen molar-refractivity contribution in [3.05, 3.63) is 88.2 Å². The number of hydrogen-bond acceptors (Lipinski definition) is 11. The molecule has 2 unspecified atom stereocenters. The zero-order valence-corrected chi connectivity index (χ0v) is 33.2. The van der Waals surface area contributed by atoms with Gasteiger partial charge < -0.3 is 39.2 Å². The zero-order valence-electron chi connectivity index (χ0n) is 33.2. The van der Waals surface area contributed by atoms with Crippen LogP contribution in [0.5, 0.6) is 0 Å². The van der Waals surface area contributed by atoms with Crippen LogP contribution >= 0.6 is 0 Å². The average Bonchev–Trinajstić information content (AvgIpc) is 3.80. The molecule has 4 aromatic rings. The van der Waals surface area contributed by atoms with E-state index in [1.807, 2.05) is 18.2 Å². The van der Waals surface area contributed by atoms with E-state index < -0.39 is 6.61 Å². The molecule has 1 aliphatic carbocycles. The van der Waals surface area contributed by atoms with E-state index in [0.717, 1.165) is 70.8 Å². The molecule has 4 aliphatic heterocycles. The van der Waals surface area contributed by atoms with E-state index in [4.69, 9.17) is 14.5 Å². The van der Waals surface area contributed by atoms with Crippen LogP contribution in [-0.2, 0) is 40.9 Å². The van der Waals surface area contributed by atoms with Gasteiger partial charge in [0.15, 0.2) is 5.82 Å². The number of piperazine rings is 1. The van der Waals surface area contributed by atoms with Gasteiger partial charge in [0, 0.05) is 112 Å². The summed E-state index contributed by atoms with van der Waals surface area (Å²) in [5.74, 6) is 0.796. The number of carbonyl (C=O) groups excluding carboxylic acids is 2. The fourth-order valence-electron chi connectivity index (χ4n) is 9.79. The van der Waals surface area contributed by atoms with Gasteiger partial charge in [-0.15, -0.1) is 0 Å². The number of aryl methyl sites for hydroxylation is 1. The van der Waals surface area contributed by atoms with Crippen molar-refractivity contribution in [3.8, 4) is 11.3 Å². The maximum atomic E-state index is 14.1. The minimum atomic E-state index is -0.399. The molecule has 15 nitrogen and oxygen atoms in total. The molecule has 0 radical (unpaired) electrons. The molecule has 0 bridgehead atoms. The van der Waals surface area contributed by atoms with E-state index >= 15 is 0 Å². The van der Waals surface area contributed by atoms with Crippen LogP contribution in [0.3, 0.4) is 0 Å². The summed E-state index contributed by atoms with van der Waals surface area (Å²) in [6, 6.07) is 10.1. The fraction of sp³-hybridized carbons (Fsp3) is 0.465. The minimum absolute atomic E-state index is 0.0563. The van der Waals surface area contributed by atoms with Gasteiger partial charge in [0.25, 0.3) is 11.5 Å². The number of amides is 2. The number of aromatic nitrogens is 4. The third kappa shape index (κ3) is 6.89. The molecule has 58 heavy (non-hydrogen) atoms. The number of pyridine rings is 1. The van der Waals surface area contributed by atoms with Gasteiger partial charge in [-0.25, -0.2) is 9.97 Å². The Bertz CT molecular complexity index is 2320. The minimum Gasteiger partial charge on any atom is -0.392 e. The maximum absolute atomic E-state index is 14.1. The van der Waals surface area contributed by atoms with Crippen LogP contribution in [0.4, 0.5) is 28.7 Å². The average molecular weight is 790 g/mol. The molecule has 0 saturated carbocycles. The highest BCUT2D eigenvalue weighted by Gasteiger charge is 2.41. The van der Waals surface area contributed by atoms with E-state index in [9.17, 15) is 19.5 Å². The summed E-state index contributed by atoms with van der Waals surface area (Å²) in [6.45, 7) is 12.2. The van der Waals surface area contributed by atoms with Crippen LogP contribution in [0.2, 0.25) is 0 Å². The lowest BCUT2D eigenvalue weighted by molar-refractivity contribution is -0.111. The number of nitrogens with zero attached hydrogens (tertiary/aromatic N) is 7. The molecule has 7 heterocycles. The lowest BCUT2D eigenvalue weighted by Gasteiger charge is -2.45. The number of ether oxygens (including phenoxy) is 2. The molecule has 3 atom stereocenters. The second kappa shape index (κ2) is 15.8. The van der Waals surface area contributed by atoms with Gasteiger partial charge in [0.1, 0.15) is 11.5 Å². The fourth-order valence-corrected chi connectivity index (χ4v) is 9.79. The van der Waals surface area contributed by atoms with Gasteiger partial charge >= 0.3 is 0 Å². The third-order valence-corrected chi connectivity index (χ3v) is 12.8. The largest absolute Gasteiger partial charge is 0.392 e. The molecule has 3 fully saturated rings. The van der Waals surface area contributed by atoms with Crippen molar-refractivity contribution in [1.29, 1.82) is 0 Å². The van der Waals surface area contributed by atoms with Crippen molar-refractivity contribution in [2.75, 3.05) is 73.0 Å². The highest BCUT2D eigenvalue weighted by atomic mass is 16.5. The first kappa shape index (κ1) is 38.2. The molecule has 3 aromatic heterocycles. The van der Waals surface area contributed by atoms with Crippen molar-refractivity contribution >= 4 is 40.5 Å². The Morgan fingerprint density at radius 1 is 1.05 bits per heavy atom. The van der Waals surface area contributed by atoms with Crippen molar-refractivity contribution in [2.45, 2.75) is 63.8 Å². The number of aliphatic hydroxyl groups excluding tert-OH is 1. The Labute approximate surface area is 337 Å². The van der Waals surface area contributed by atoms with Crippen LogP contribution in [0.25, 0.3) is 11.3 Å². The molecule has 304 valence electrons. The molecular formula is C43H51N9O6. The molecule has 0 spiro atoms. The zero-order chi connectivity index (χ0) is 40.1. The van der Waals surface area contributed by atoms with Crippen molar-refractivity contribution in [2.24, 2.45) is 13.0 Å². The Morgan fingerprint density at radius 2 is 1.88 bits per heavy atom. The molecule has 5 aliphatic rings. The van der Waals surface area contributed by atoms with E-state index in [-0.39, 0.29) is 29.2 Å². The quantitative estimate of drug-likeness (QED) is 0.210. The van der Waals surface area contributed by atoms with Gasteiger partial charge in [-0.3, -0.25) is 24.2 Å². The number of benzene rings is 1. The maximum Gasteiger partial charge on any atom is 0.293 e. The van der Waals surface area contributed by atoms with Gasteiger partial charge in [-0.2, -0.15) is 0 Å². The Hall–Kier alpha value is -5.35. The normalized spacial score (nSPS) is 22.3. The summed E-state index contributed by atoms with van der Waals surface area (Å²) in [6.07, 6.45) is 8.53. The van der Waals surface area contributed by atoms with Crippen LogP contribution in [0.15, 0.2) is 60.2 Å². The molecule has 2 amide bonds. The van der Waals surface area contributed by atoms with Crippen molar-refractivity contribution in [1.82, 2.24) is 24.0 Å². The lowest BCUT2D eigenvalue weighted by atomic mass is 9.89. The highest BCUT2D eigenvalue weighted by molar-refractivity contribution is 6.06. The van der Waals surface area contributed by atoms with Crippen molar-refractivity contribution < 1.29 is 24.2 Å². The number of anilines is 5. The number of carbonyl (C=O) groups is 2. The van der Waals surface area contributed by atoms with E-state index in [1.165, 1.54) is 21.9 Å². The number of fused-ring (bicyclic) bond motifs is 5. The molecule has 1 aromatic carbocycles. The summed E-state index contributed by atoms with van der Waals surface area (Å²) in [5.41, 5.74) is 6.14. The van der Waals surface area contributed by atoms with E-state index in [2.05, 4.69) is 43.5 Å². The van der Waals surface area contributed by atoms with Gasteiger partial charge in [0.05, 0.1) is 30.3 Å². The second-order valence-corrected chi connectivity index (χ2v) is 16.1. The first-order valence-electron chi connectivity index (χ1n) is 20.4. The van der Waals surface area contributed by atoms with Gasteiger partial charge in [-0.05, 0) is 80.5 Å². The topological polar surface area (TPSA) is 159 Å². The summed E-state index contributed by atoms with van der Waals surface area (Å²) in [4.78, 5) is 56.3. The molecule has 3 saturated heterocycles. The Kier molecular flexibility index (Phi) is 10.4. The third-order valence-electron chi connectivity index (χ3n) is 12.8.